The molecule has 3 rings (SSSR count). The maximum absolute atomic E-state index is 12.7. The SMILES string of the molecule is CCc1ccc([C@H](CNC(=O)c2cccc(OCc3cscn3)c2)N(C)C)cc1. The van der Waals surface area contributed by atoms with E-state index in [4.69, 9.17) is 4.74 Å². The van der Waals surface area contributed by atoms with Crippen molar-refractivity contribution in [1.29, 1.82) is 0 Å². The predicted molar refractivity (Wildman–Crippen MR) is 117 cm³/mol. The van der Waals surface area contributed by atoms with E-state index in [0.29, 0.717) is 24.5 Å². The zero-order valence-electron chi connectivity index (χ0n) is 17.1. The molecule has 0 aliphatic heterocycles. The summed E-state index contributed by atoms with van der Waals surface area (Å²) in [4.78, 5) is 19.0. The Balaban J connectivity index is 1.61. The highest BCUT2D eigenvalue weighted by molar-refractivity contribution is 7.07. The van der Waals surface area contributed by atoms with E-state index in [-0.39, 0.29) is 11.9 Å². The first-order valence-electron chi connectivity index (χ1n) is 9.70. The first kappa shape index (κ1) is 21.0. The van der Waals surface area contributed by atoms with Crippen LogP contribution < -0.4 is 10.1 Å². The number of likely N-dealkylation sites (N-methyl/N-ethyl adjacent to an activating group) is 1. The third kappa shape index (κ3) is 5.89. The number of carbonyl (C=O) groups is 1. The van der Waals surface area contributed by atoms with Crippen molar-refractivity contribution in [3.05, 3.63) is 81.8 Å². The first-order chi connectivity index (χ1) is 14.1. The van der Waals surface area contributed by atoms with Crippen molar-refractivity contribution in [1.82, 2.24) is 15.2 Å². The van der Waals surface area contributed by atoms with Crippen LogP contribution in [-0.2, 0) is 13.0 Å². The maximum Gasteiger partial charge on any atom is 0.251 e. The van der Waals surface area contributed by atoms with Crippen molar-refractivity contribution in [3.8, 4) is 5.75 Å². The number of nitrogens with zero attached hydrogens (tertiary/aromatic N) is 2. The van der Waals surface area contributed by atoms with E-state index >= 15 is 0 Å². The van der Waals surface area contributed by atoms with Gasteiger partial charge in [0.05, 0.1) is 17.2 Å². The number of amides is 1. The molecule has 1 atom stereocenters. The number of aromatic nitrogens is 1. The summed E-state index contributed by atoms with van der Waals surface area (Å²) in [6.07, 6.45) is 1.02. The monoisotopic (exact) mass is 409 g/mol. The lowest BCUT2D eigenvalue weighted by molar-refractivity contribution is 0.0941. The number of hydrogen-bond acceptors (Lipinski definition) is 5. The highest BCUT2D eigenvalue weighted by atomic mass is 32.1. The van der Waals surface area contributed by atoms with Gasteiger partial charge in [-0.05, 0) is 49.8 Å². The number of benzene rings is 2. The summed E-state index contributed by atoms with van der Waals surface area (Å²) in [5.74, 6) is 0.547. The Morgan fingerprint density at radius 2 is 2.00 bits per heavy atom. The maximum atomic E-state index is 12.7. The van der Waals surface area contributed by atoms with Crippen molar-refractivity contribution in [2.75, 3.05) is 20.6 Å². The summed E-state index contributed by atoms with van der Waals surface area (Å²) in [5.41, 5.74) is 5.74. The predicted octanol–water partition coefficient (Wildman–Crippen LogP) is 4.32. The van der Waals surface area contributed by atoms with Crippen LogP contribution in [-0.4, -0.2) is 36.4 Å². The Morgan fingerprint density at radius 3 is 2.66 bits per heavy atom. The van der Waals surface area contributed by atoms with E-state index in [0.717, 1.165) is 12.1 Å². The van der Waals surface area contributed by atoms with Crippen LogP contribution >= 0.6 is 11.3 Å². The molecule has 5 nitrogen and oxygen atoms in total. The molecule has 0 radical (unpaired) electrons. The summed E-state index contributed by atoms with van der Waals surface area (Å²) in [6.45, 7) is 3.07. The molecule has 1 heterocycles. The average Bonchev–Trinajstić information content (AvgIpc) is 3.26. The largest absolute Gasteiger partial charge is 0.487 e. The zero-order chi connectivity index (χ0) is 20.6. The standard InChI is InChI=1S/C23H27N3O2S/c1-4-17-8-10-18(11-9-17)22(26(2)3)13-24-23(27)19-6-5-7-21(12-19)28-14-20-15-29-16-25-20/h5-12,15-16,22H,4,13-14H2,1-3H3,(H,24,27)/t22-/m0/s1. The molecule has 1 aromatic heterocycles. The van der Waals surface area contributed by atoms with Crippen LogP contribution in [0.4, 0.5) is 0 Å². The number of nitrogens with one attached hydrogen (secondary N) is 1. The Morgan fingerprint density at radius 1 is 1.21 bits per heavy atom. The van der Waals surface area contributed by atoms with E-state index < -0.39 is 0 Å². The molecule has 1 N–H and O–H groups in total. The second kappa shape index (κ2) is 10.2. The highest BCUT2D eigenvalue weighted by Crippen LogP contribution is 2.19. The van der Waals surface area contributed by atoms with Crippen LogP contribution in [0.5, 0.6) is 5.75 Å². The molecule has 0 fully saturated rings. The summed E-state index contributed by atoms with van der Waals surface area (Å²) in [6, 6.07) is 15.9. The average molecular weight is 410 g/mol. The zero-order valence-corrected chi connectivity index (χ0v) is 17.9. The highest BCUT2D eigenvalue weighted by Gasteiger charge is 2.16. The van der Waals surface area contributed by atoms with Crippen LogP contribution in [0.15, 0.2) is 59.4 Å². The Labute approximate surface area is 176 Å². The van der Waals surface area contributed by atoms with Gasteiger partial charge in [-0.25, -0.2) is 4.98 Å². The number of carbonyl (C=O) groups excluding carboxylic acids is 1. The lowest BCUT2D eigenvalue weighted by Crippen LogP contribution is -2.34. The van der Waals surface area contributed by atoms with Crippen LogP contribution in [0, 0.1) is 0 Å². The van der Waals surface area contributed by atoms with E-state index in [1.165, 1.54) is 22.5 Å². The van der Waals surface area contributed by atoms with Gasteiger partial charge < -0.3 is 15.0 Å². The second-order valence-electron chi connectivity index (χ2n) is 7.08. The number of thiazole rings is 1. The van der Waals surface area contributed by atoms with Crippen molar-refractivity contribution in [3.63, 3.8) is 0 Å². The third-order valence-electron chi connectivity index (χ3n) is 4.82. The first-order valence-corrected chi connectivity index (χ1v) is 10.6. The third-order valence-corrected chi connectivity index (χ3v) is 5.45. The molecule has 29 heavy (non-hydrogen) atoms. The Kier molecular flexibility index (Phi) is 7.38. The topological polar surface area (TPSA) is 54.5 Å². The van der Waals surface area contributed by atoms with E-state index in [9.17, 15) is 4.79 Å². The smallest absolute Gasteiger partial charge is 0.251 e. The molecule has 1 amide bonds. The van der Waals surface area contributed by atoms with Crippen molar-refractivity contribution in [2.45, 2.75) is 26.0 Å². The summed E-state index contributed by atoms with van der Waals surface area (Å²) >= 11 is 1.54. The molecule has 2 aromatic carbocycles. The van der Waals surface area contributed by atoms with Crippen LogP contribution in [0.25, 0.3) is 0 Å². The minimum atomic E-state index is -0.110. The van der Waals surface area contributed by atoms with E-state index in [1.54, 1.807) is 17.6 Å². The fourth-order valence-electron chi connectivity index (χ4n) is 3.06. The summed E-state index contributed by atoms with van der Waals surface area (Å²) < 4.78 is 5.75. The Bertz CT molecular complexity index is 908. The molecule has 6 heteroatoms. The van der Waals surface area contributed by atoms with Gasteiger partial charge in [0.1, 0.15) is 12.4 Å². The van der Waals surface area contributed by atoms with Gasteiger partial charge in [0.15, 0.2) is 0 Å². The second-order valence-corrected chi connectivity index (χ2v) is 7.80. The van der Waals surface area contributed by atoms with Gasteiger partial charge in [0, 0.05) is 17.5 Å². The quantitative estimate of drug-likeness (QED) is 0.572. The van der Waals surface area contributed by atoms with Gasteiger partial charge >= 0.3 is 0 Å². The summed E-state index contributed by atoms with van der Waals surface area (Å²) in [7, 11) is 4.05. The lowest BCUT2D eigenvalue weighted by atomic mass is 10.0. The molecule has 0 spiro atoms. The minimum absolute atomic E-state index is 0.106. The molecular formula is C23H27N3O2S. The fourth-order valence-corrected chi connectivity index (χ4v) is 3.60. The molecule has 0 bridgehead atoms. The number of aryl methyl sites for hydroxylation is 1. The van der Waals surface area contributed by atoms with Crippen molar-refractivity contribution < 1.29 is 9.53 Å². The summed E-state index contributed by atoms with van der Waals surface area (Å²) in [5, 5.41) is 5.01. The number of ether oxygens (including phenoxy) is 1. The molecule has 0 unspecified atom stereocenters. The van der Waals surface area contributed by atoms with Gasteiger partial charge in [-0.15, -0.1) is 11.3 Å². The lowest BCUT2D eigenvalue weighted by Gasteiger charge is -2.25. The van der Waals surface area contributed by atoms with Crippen molar-refractivity contribution >= 4 is 17.2 Å². The molecule has 0 saturated carbocycles. The van der Waals surface area contributed by atoms with E-state index in [2.05, 4.69) is 46.4 Å². The number of hydrogen-bond donors (Lipinski definition) is 1. The number of rotatable bonds is 9. The van der Waals surface area contributed by atoms with Crippen LogP contribution in [0.2, 0.25) is 0 Å². The van der Waals surface area contributed by atoms with Crippen LogP contribution in [0.3, 0.4) is 0 Å². The van der Waals surface area contributed by atoms with Gasteiger partial charge in [-0.1, -0.05) is 37.3 Å². The molecule has 0 saturated heterocycles. The van der Waals surface area contributed by atoms with Gasteiger partial charge in [0.2, 0.25) is 0 Å². The molecule has 0 aliphatic carbocycles. The normalized spacial score (nSPS) is 12.0. The molecule has 3 aromatic rings. The minimum Gasteiger partial charge on any atom is -0.487 e. The molecule has 152 valence electrons. The van der Waals surface area contributed by atoms with Crippen LogP contribution in [0.1, 0.15) is 40.1 Å². The molecule has 0 aliphatic rings. The fraction of sp³-hybridized carbons (Fsp3) is 0.304. The molecular weight excluding hydrogens is 382 g/mol. The van der Waals surface area contributed by atoms with E-state index in [1.807, 2.05) is 31.6 Å². The van der Waals surface area contributed by atoms with Gasteiger partial charge in [-0.2, -0.15) is 0 Å². The van der Waals surface area contributed by atoms with Gasteiger partial charge in [-0.3, -0.25) is 4.79 Å². The van der Waals surface area contributed by atoms with Gasteiger partial charge in [0.25, 0.3) is 5.91 Å². The Hall–Kier alpha value is -2.70. The van der Waals surface area contributed by atoms with Crippen molar-refractivity contribution in [2.24, 2.45) is 0 Å².